The average molecular weight is 341 g/mol. The number of hydrogen-bond acceptors (Lipinski definition) is 5. The third-order valence-electron chi connectivity index (χ3n) is 4.49. The Morgan fingerprint density at radius 2 is 2.32 bits per heavy atom. The second-order valence-corrected chi connectivity index (χ2v) is 7.07. The molecule has 2 aromatic heterocycles. The summed E-state index contributed by atoms with van der Waals surface area (Å²) in [4.78, 5) is 19.1. The first-order valence-electron chi connectivity index (χ1n) is 8.66. The van der Waals surface area contributed by atoms with Crippen LogP contribution in [0.5, 0.6) is 0 Å². The summed E-state index contributed by atoms with van der Waals surface area (Å²) in [7, 11) is 1.78. The molecule has 1 unspecified atom stereocenters. The third-order valence-corrected chi connectivity index (χ3v) is 4.49. The predicted octanol–water partition coefficient (Wildman–Crippen LogP) is 2.50. The number of aryl methyl sites for hydroxylation is 1. The van der Waals surface area contributed by atoms with Crippen molar-refractivity contribution in [2.24, 2.45) is 13.0 Å². The van der Waals surface area contributed by atoms with Crippen LogP contribution in [0.4, 0.5) is 0 Å². The van der Waals surface area contributed by atoms with Crippen LogP contribution in [-0.4, -0.2) is 38.6 Å². The van der Waals surface area contributed by atoms with Crippen LogP contribution in [0.25, 0.3) is 0 Å². The SMILES string of the molecule is CC(C)Cc1noc(C2CCCN(C(=O)c3cc(C#N)cn3C)C2)n1. The zero-order valence-electron chi connectivity index (χ0n) is 14.9. The number of piperidine rings is 1. The molecule has 1 aliphatic heterocycles. The van der Waals surface area contributed by atoms with Crippen LogP contribution in [0.2, 0.25) is 0 Å². The smallest absolute Gasteiger partial charge is 0.270 e. The fraction of sp³-hybridized carbons (Fsp3) is 0.556. The van der Waals surface area contributed by atoms with Crippen LogP contribution < -0.4 is 0 Å². The number of carbonyl (C=O) groups is 1. The van der Waals surface area contributed by atoms with Gasteiger partial charge in [0, 0.05) is 32.8 Å². The highest BCUT2D eigenvalue weighted by molar-refractivity contribution is 5.93. The van der Waals surface area contributed by atoms with E-state index in [-0.39, 0.29) is 11.8 Å². The molecular formula is C18H23N5O2. The fourth-order valence-corrected chi connectivity index (χ4v) is 3.24. The van der Waals surface area contributed by atoms with Crippen LogP contribution in [0.15, 0.2) is 16.8 Å². The molecule has 0 saturated carbocycles. The highest BCUT2D eigenvalue weighted by atomic mass is 16.5. The Labute approximate surface area is 147 Å². The lowest BCUT2D eigenvalue weighted by molar-refractivity contribution is 0.0686. The average Bonchev–Trinajstić information content (AvgIpc) is 3.20. The molecule has 1 fully saturated rings. The maximum Gasteiger partial charge on any atom is 0.270 e. The van der Waals surface area contributed by atoms with Crippen LogP contribution in [0, 0.1) is 17.2 Å². The van der Waals surface area contributed by atoms with E-state index in [1.54, 1.807) is 23.9 Å². The van der Waals surface area contributed by atoms with Gasteiger partial charge in [-0.1, -0.05) is 19.0 Å². The first-order chi connectivity index (χ1) is 12.0. The summed E-state index contributed by atoms with van der Waals surface area (Å²) >= 11 is 0. The van der Waals surface area contributed by atoms with Gasteiger partial charge in [-0.3, -0.25) is 4.79 Å². The van der Waals surface area contributed by atoms with E-state index < -0.39 is 0 Å². The monoisotopic (exact) mass is 341 g/mol. The zero-order valence-corrected chi connectivity index (χ0v) is 14.9. The van der Waals surface area contributed by atoms with Crippen LogP contribution in [-0.2, 0) is 13.5 Å². The molecule has 1 saturated heterocycles. The van der Waals surface area contributed by atoms with Gasteiger partial charge in [0.15, 0.2) is 5.82 Å². The first kappa shape index (κ1) is 17.2. The Morgan fingerprint density at radius 1 is 1.52 bits per heavy atom. The van der Waals surface area contributed by atoms with Crippen molar-refractivity contribution in [3.63, 3.8) is 0 Å². The van der Waals surface area contributed by atoms with Crippen LogP contribution in [0.3, 0.4) is 0 Å². The van der Waals surface area contributed by atoms with Gasteiger partial charge in [0.1, 0.15) is 11.8 Å². The normalized spacial score (nSPS) is 17.7. The van der Waals surface area contributed by atoms with Crippen molar-refractivity contribution >= 4 is 5.91 Å². The molecule has 7 heteroatoms. The Bertz CT molecular complexity index is 799. The van der Waals surface area contributed by atoms with Crippen molar-refractivity contribution in [2.75, 3.05) is 13.1 Å². The van der Waals surface area contributed by atoms with Gasteiger partial charge < -0.3 is 14.0 Å². The van der Waals surface area contributed by atoms with Crippen molar-refractivity contribution in [2.45, 2.75) is 39.0 Å². The molecule has 0 spiro atoms. The molecule has 132 valence electrons. The van der Waals surface area contributed by atoms with E-state index in [1.165, 1.54) is 0 Å². The highest BCUT2D eigenvalue weighted by Crippen LogP contribution is 2.27. The third kappa shape index (κ3) is 3.73. The van der Waals surface area contributed by atoms with E-state index >= 15 is 0 Å². The van der Waals surface area contributed by atoms with E-state index in [0.717, 1.165) is 25.1 Å². The standard InChI is InChI=1S/C18H23N5O2/c1-12(2)7-16-20-17(25-21-16)14-5-4-6-23(11-14)18(24)15-8-13(9-19)10-22(15)3/h8,10,12,14H,4-7,11H2,1-3H3. The number of nitrogens with zero attached hydrogens (tertiary/aromatic N) is 5. The molecule has 1 amide bonds. The topological polar surface area (TPSA) is 88.0 Å². The summed E-state index contributed by atoms with van der Waals surface area (Å²) in [5.41, 5.74) is 1.03. The summed E-state index contributed by atoms with van der Waals surface area (Å²) in [6, 6.07) is 3.71. The number of aromatic nitrogens is 3. The maximum atomic E-state index is 12.8. The summed E-state index contributed by atoms with van der Waals surface area (Å²) in [5, 5.41) is 13.1. The van der Waals surface area contributed by atoms with Crippen molar-refractivity contribution in [3.05, 3.63) is 35.2 Å². The van der Waals surface area contributed by atoms with Gasteiger partial charge in [0.25, 0.3) is 5.91 Å². The molecule has 0 radical (unpaired) electrons. The number of nitriles is 1. The summed E-state index contributed by atoms with van der Waals surface area (Å²) < 4.78 is 7.14. The minimum atomic E-state index is -0.0596. The first-order valence-corrected chi connectivity index (χ1v) is 8.66. The van der Waals surface area contributed by atoms with Gasteiger partial charge in [0.05, 0.1) is 11.5 Å². The number of likely N-dealkylation sites (tertiary alicyclic amines) is 1. The lowest BCUT2D eigenvalue weighted by atomic mass is 9.97. The second-order valence-electron chi connectivity index (χ2n) is 7.07. The number of amides is 1. The Kier molecular flexibility index (Phi) is 4.88. The Hall–Kier alpha value is -2.62. The molecule has 25 heavy (non-hydrogen) atoms. The molecule has 3 rings (SSSR count). The molecule has 7 nitrogen and oxygen atoms in total. The van der Waals surface area contributed by atoms with Gasteiger partial charge >= 0.3 is 0 Å². The molecule has 0 aliphatic carbocycles. The second kappa shape index (κ2) is 7.09. The van der Waals surface area contributed by atoms with E-state index in [1.807, 2.05) is 4.90 Å². The molecule has 1 atom stereocenters. The molecule has 0 N–H and O–H groups in total. The van der Waals surface area contributed by atoms with Crippen molar-refractivity contribution in [3.8, 4) is 6.07 Å². The van der Waals surface area contributed by atoms with E-state index in [4.69, 9.17) is 9.78 Å². The lowest BCUT2D eigenvalue weighted by Crippen LogP contribution is -2.39. The molecule has 0 aromatic carbocycles. The van der Waals surface area contributed by atoms with Crippen LogP contribution >= 0.6 is 0 Å². The van der Waals surface area contributed by atoms with Gasteiger partial charge in [-0.25, -0.2) is 0 Å². The Balaban J connectivity index is 1.72. The molecule has 3 heterocycles. The predicted molar refractivity (Wildman–Crippen MR) is 90.8 cm³/mol. The molecular weight excluding hydrogens is 318 g/mol. The van der Waals surface area contributed by atoms with Gasteiger partial charge in [-0.05, 0) is 24.8 Å². The van der Waals surface area contributed by atoms with Crippen molar-refractivity contribution in [1.82, 2.24) is 19.6 Å². The number of rotatable bonds is 4. The van der Waals surface area contributed by atoms with E-state index in [9.17, 15) is 4.79 Å². The van der Waals surface area contributed by atoms with E-state index in [2.05, 4.69) is 30.1 Å². The summed E-state index contributed by atoms with van der Waals surface area (Å²) in [5.74, 6) is 1.84. The van der Waals surface area contributed by atoms with Crippen molar-refractivity contribution in [1.29, 1.82) is 5.26 Å². The Morgan fingerprint density at radius 3 is 3.00 bits per heavy atom. The van der Waals surface area contributed by atoms with Gasteiger partial charge in [-0.2, -0.15) is 10.2 Å². The van der Waals surface area contributed by atoms with Crippen LogP contribution in [0.1, 0.15) is 60.4 Å². The minimum Gasteiger partial charge on any atom is -0.345 e. The lowest BCUT2D eigenvalue weighted by Gasteiger charge is -2.31. The zero-order chi connectivity index (χ0) is 18.0. The van der Waals surface area contributed by atoms with Gasteiger partial charge in [0.2, 0.25) is 5.89 Å². The highest BCUT2D eigenvalue weighted by Gasteiger charge is 2.30. The molecule has 2 aromatic rings. The van der Waals surface area contributed by atoms with Crippen molar-refractivity contribution < 1.29 is 9.32 Å². The number of carbonyl (C=O) groups excluding carboxylic acids is 1. The summed E-state index contributed by atoms with van der Waals surface area (Å²) in [6.45, 7) is 5.50. The molecule has 1 aliphatic rings. The largest absolute Gasteiger partial charge is 0.345 e. The van der Waals surface area contributed by atoms with E-state index in [0.29, 0.717) is 36.2 Å². The fourth-order valence-electron chi connectivity index (χ4n) is 3.24. The minimum absolute atomic E-state index is 0.0596. The summed E-state index contributed by atoms with van der Waals surface area (Å²) in [6.07, 6.45) is 4.29. The molecule has 0 bridgehead atoms. The van der Waals surface area contributed by atoms with Gasteiger partial charge in [-0.15, -0.1) is 0 Å². The maximum absolute atomic E-state index is 12.8. The number of hydrogen-bond donors (Lipinski definition) is 0. The quantitative estimate of drug-likeness (QED) is 0.852.